The largest absolute Gasteiger partial charge is 0.308 e. The predicted molar refractivity (Wildman–Crippen MR) is 108 cm³/mol. The van der Waals surface area contributed by atoms with Gasteiger partial charge < -0.3 is 4.57 Å². The first-order valence-electron chi connectivity index (χ1n) is 7.56. The number of rotatable bonds is 4. The summed E-state index contributed by atoms with van der Waals surface area (Å²) in [6, 6.07) is 24.4. The predicted octanol–water partition coefficient (Wildman–Crippen LogP) is 5.34. The molecule has 0 N–H and O–H groups in total. The van der Waals surface area contributed by atoms with Crippen LogP contribution in [0.5, 0.6) is 0 Å². The zero-order valence-electron chi connectivity index (χ0n) is 13.1. The van der Waals surface area contributed by atoms with Crippen LogP contribution in [0.1, 0.15) is 11.1 Å². The number of benzene rings is 3. The van der Waals surface area contributed by atoms with E-state index in [2.05, 4.69) is 0 Å². The Kier molecular flexibility index (Phi) is 5.01. The molecule has 0 saturated heterocycles. The van der Waals surface area contributed by atoms with Gasteiger partial charge in [-0.2, -0.15) is 0 Å². The second-order valence-electron chi connectivity index (χ2n) is 5.52. The first-order valence-corrected chi connectivity index (χ1v) is 10.1. The fraction of sp³-hybridized carbons (Fsp3) is 0.0500. The van der Waals surface area contributed by atoms with Gasteiger partial charge in [-0.15, -0.1) is 0 Å². The van der Waals surface area contributed by atoms with Gasteiger partial charge in [0, 0.05) is 21.2 Å². The van der Waals surface area contributed by atoms with E-state index < -0.39 is 7.14 Å². The molecule has 3 aromatic rings. The number of hydrogen-bond donors (Lipinski definition) is 0. The second-order valence-corrected chi connectivity index (χ2v) is 9.33. The smallest absolute Gasteiger partial charge is 0.181 e. The van der Waals surface area contributed by atoms with Gasteiger partial charge in [0.1, 0.15) is 0 Å². The third-order valence-corrected chi connectivity index (χ3v) is 8.10. The molecule has 0 fully saturated rings. The monoisotopic (exact) mass is 370 g/mol. The van der Waals surface area contributed by atoms with E-state index in [9.17, 15) is 4.57 Å². The highest BCUT2D eigenvalue weighted by Crippen LogP contribution is 2.49. The highest BCUT2D eigenvalue weighted by Gasteiger charge is 2.34. The van der Waals surface area contributed by atoms with Crippen molar-refractivity contribution in [1.82, 2.24) is 0 Å². The van der Waals surface area contributed by atoms with Crippen molar-refractivity contribution in [3.63, 3.8) is 0 Å². The normalized spacial score (nSPS) is 11.2. The maximum Gasteiger partial charge on any atom is 0.181 e. The summed E-state index contributed by atoms with van der Waals surface area (Å²) in [6.45, 7) is 1.94. The van der Waals surface area contributed by atoms with Crippen LogP contribution in [0.3, 0.4) is 0 Å². The minimum absolute atomic E-state index is 0.406. The Labute approximate surface area is 152 Å². The molecule has 0 aliphatic rings. The van der Waals surface area contributed by atoms with Gasteiger partial charge >= 0.3 is 0 Å². The van der Waals surface area contributed by atoms with E-state index in [0.717, 1.165) is 16.2 Å². The Morgan fingerprint density at radius 1 is 0.833 bits per heavy atom. The van der Waals surface area contributed by atoms with Crippen molar-refractivity contribution in [3.05, 3.63) is 95.0 Å². The molecule has 0 aromatic heterocycles. The van der Waals surface area contributed by atoms with Gasteiger partial charge in [-0.25, -0.2) is 0 Å². The molecule has 0 unspecified atom stereocenters. The molecular weight excluding hydrogens is 355 g/mol. The topological polar surface area (TPSA) is 17.1 Å². The van der Waals surface area contributed by atoms with Gasteiger partial charge in [0.05, 0.1) is 4.61 Å². The van der Waals surface area contributed by atoms with Crippen LogP contribution < -0.4 is 10.6 Å². The lowest BCUT2D eigenvalue weighted by atomic mass is 10.1. The first kappa shape index (κ1) is 17.1. The summed E-state index contributed by atoms with van der Waals surface area (Å²) in [6.07, 6.45) is 0. The lowest BCUT2D eigenvalue weighted by Crippen LogP contribution is -2.22. The van der Waals surface area contributed by atoms with Crippen molar-refractivity contribution < 1.29 is 4.57 Å². The molecule has 120 valence electrons. The molecule has 0 spiro atoms. The lowest BCUT2D eigenvalue weighted by Gasteiger charge is -2.22. The molecule has 0 atom stereocenters. The Morgan fingerprint density at radius 3 is 1.79 bits per heavy atom. The summed E-state index contributed by atoms with van der Waals surface area (Å²) in [5, 5.41) is 1.98. The second kappa shape index (κ2) is 7.03. The highest BCUT2D eigenvalue weighted by molar-refractivity contribution is 8.08. The fourth-order valence-electron chi connectivity index (χ4n) is 2.72. The lowest BCUT2D eigenvalue weighted by molar-refractivity contribution is 0.594. The number of aryl methyl sites for hydroxylation is 1. The number of halogens is 1. The molecule has 4 heteroatoms. The minimum atomic E-state index is -3.14. The van der Waals surface area contributed by atoms with Gasteiger partial charge in [0.2, 0.25) is 0 Å². The van der Waals surface area contributed by atoms with Crippen molar-refractivity contribution in [1.29, 1.82) is 0 Å². The maximum absolute atomic E-state index is 14.2. The van der Waals surface area contributed by atoms with Gasteiger partial charge in [0.25, 0.3) is 0 Å². The molecule has 0 amide bonds. The standard InChI is InChI=1S/C20H16ClOPS/c1-15-9-8-14-18(21)19(15)20(24)23(22,16-10-4-2-5-11-16)17-12-6-3-7-13-17/h2-14H,1H3. The van der Waals surface area contributed by atoms with Crippen LogP contribution in [0.15, 0.2) is 78.9 Å². The minimum Gasteiger partial charge on any atom is -0.308 e. The van der Waals surface area contributed by atoms with Crippen molar-refractivity contribution in [2.75, 3.05) is 0 Å². The molecule has 0 aliphatic heterocycles. The van der Waals surface area contributed by atoms with E-state index in [0.29, 0.717) is 15.2 Å². The molecule has 0 heterocycles. The van der Waals surface area contributed by atoms with E-state index in [-0.39, 0.29) is 0 Å². The van der Waals surface area contributed by atoms with Crippen LogP contribution in [-0.4, -0.2) is 4.61 Å². The molecule has 1 nitrogen and oxygen atoms in total. The number of hydrogen-bond acceptors (Lipinski definition) is 2. The molecular formula is C20H16ClOPS. The van der Waals surface area contributed by atoms with Crippen molar-refractivity contribution in [2.24, 2.45) is 0 Å². The molecule has 3 aromatic carbocycles. The maximum atomic E-state index is 14.2. The molecule has 0 aliphatic carbocycles. The van der Waals surface area contributed by atoms with Gasteiger partial charge in [0.15, 0.2) is 7.14 Å². The average Bonchev–Trinajstić information content (AvgIpc) is 2.62. The summed E-state index contributed by atoms with van der Waals surface area (Å²) in [5.74, 6) is 0. The van der Waals surface area contributed by atoms with Gasteiger partial charge in [-0.1, -0.05) is 96.6 Å². The van der Waals surface area contributed by atoms with Crippen molar-refractivity contribution >= 4 is 46.2 Å². The van der Waals surface area contributed by atoms with Crippen LogP contribution in [0, 0.1) is 6.92 Å². The first-order chi connectivity index (χ1) is 11.5. The SMILES string of the molecule is Cc1cccc(Cl)c1C(=S)P(=O)(c1ccccc1)c1ccccc1. The van der Waals surface area contributed by atoms with Crippen LogP contribution >= 0.6 is 31.0 Å². The summed E-state index contributed by atoms with van der Waals surface area (Å²) < 4.78 is 14.6. The Balaban J connectivity index is 2.28. The van der Waals surface area contributed by atoms with Crippen LogP contribution in [-0.2, 0) is 4.57 Å². The van der Waals surface area contributed by atoms with Crippen LogP contribution in [0.25, 0.3) is 0 Å². The Morgan fingerprint density at radius 2 is 1.33 bits per heavy atom. The molecule has 0 radical (unpaired) electrons. The van der Waals surface area contributed by atoms with Gasteiger partial charge in [-0.05, 0) is 18.6 Å². The van der Waals surface area contributed by atoms with E-state index in [1.165, 1.54) is 0 Å². The summed E-state index contributed by atoms with van der Waals surface area (Å²) >= 11 is 12.1. The van der Waals surface area contributed by atoms with Crippen LogP contribution in [0.4, 0.5) is 0 Å². The third-order valence-electron chi connectivity index (χ3n) is 3.96. The van der Waals surface area contributed by atoms with Crippen molar-refractivity contribution in [3.8, 4) is 0 Å². The average molecular weight is 371 g/mol. The molecule has 0 bridgehead atoms. The third kappa shape index (κ3) is 2.98. The highest BCUT2D eigenvalue weighted by atomic mass is 35.5. The van der Waals surface area contributed by atoms with Gasteiger partial charge in [-0.3, -0.25) is 0 Å². The van der Waals surface area contributed by atoms with E-state index in [1.807, 2.05) is 79.7 Å². The van der Waals surface area contributed by atoms with E-state index in [4.69, 9.17) is 23.8 Å². The fourth-order valence-corrected chi connectivity index (χ4v) is 6.62. The molecule has 24 heavy (non-hydrogen) atoms. The summed E-state index contributed by atoms with van der Waals surface area (Å²) in [5.41, 5.74) is 1.63. The molecule has 3 rings (SSSR count). The summed E-state index contributed by atoms with van der Waals surface area (Å²) in [4.78, 5) is 0. The quantitative estimate of drug-likeness (QED) is 0.455. The Bertz CT molecular complexity index is 859. The van der Waals surface area contributed by atoms with E-state index in [1.54, 1.807) is 6.07 Å². The zero-order valence-corrected chi connectivity index (χ0v) is 15.6. The Hall–Kier alpha value is -1.73. The zero-order chi connectivity index (χ0) is 17.2. The van der Waals surface area contributed by atoms with Crippen molar-refractivity contribution in [2.45, 2.75) is 6.92 Å². The van der Waals surface area contributed by atoms with Crippen LogP contribution in [0.2, 0.25) is 5.02 Å². The molecule has 0 saturated carbocycles. The summed E-state index contributed by atoms with van der Waals surface area (Å²) in [7, 11) is -3.14. The number of thiocarbonyl (C=S) groups is 1. The van der Waals surface area contributed by atoms with E-state index >= 15 is 0 Å².